The lowest BCUT2D eigenvalue weighted by Gasteiger charge is -2.07. The van der Waals surface area contributed by atoms with Crippen molar-refractivity contribution < 1.29 is 14.3 Å². The highest BCUT2D eigenvalue weighted by atomic mass is 79.9. The van der Waals surface area contributed by atoms with Gasteiger partial charge in [0.1, 0.15) is 12.3 Å². The third-order valence-corrected chi connectivity index (χ3v) is 5.43. The molecule has 0 unspecified atom stereocenters. The molecule has 0 amide bonds. The van der Waals surface area contributed by atoms with Crippen molar-refractivity contribution in [3.05, 3.63) is 80.3 Å². The normalized spacial score (nSPS) is 10.9. The van der Waals surface area contributed by atoms with E-state index in [0.717, 1.165) is 17.3 Å². The third-order valence-electron chi connectivity index (χ3n) is 4.96. The molecule has 0 radical (unpaired) electrons. The molecule has 0 fully saturated rings. The van der Waals surface area contributed by atoms with E-state index in [1.165, 1.54) is 28.9 Å². The number of esters is 1. The minimum Gasteiger partial charge on any atom is -0.459 e. The van der Waals surface area contributed by atoms with Gasteiger partial charge in [-0.15, -0.1) is 0 Å². The largest absolute Gasteiger partial charge is 0.459 e. The van der Waals surface area contributed by atoms with E-state index in [1.54, 1.807) is 18.3 Å². The van der Waals surface area contributed by atoms with Crippen LogP contribution in [0.3, 0.4) is 0 Å². The van der Waals surface area contributed by atoms with Gasteiger partial charge in [0, 0.05) is 28.7 Å². The summed E-state index contributed by atoms with van der Waals surface area (Å²) in [6.45, 7) is 2.06. The average Bonchev–Trinajstić information content (AvgIpc) is 2.77. The van der Waals surface area contributed by atoms with Crippen LogP contribution in [0.25, 0.3) is 5.65 Å². The van der Waals surface area contributed by atoms with E-state index in [0.29, 0.717) is 16.9 Å². The van der Waals surface area contributed by atoms with E-state index in [9.17, 15) is 14.4 Å². The number of aromatic nitrogens is 2. The van der Waals surface area contributed by atoms with Crippen LogP contribution >= 0.6 is 15.9 Å². The lowest BCUT2D eigenvalue weighted by atomic mass is 10.0. The second-order valence-electron chi connectivity index (χ2n) is 7.40. The van der Waals surface area contributed by atoms with Crippen LogP contribution in [-0.2, 0) is 22.6 Å². The molecule has 1 aromatic carbocycles. The van der Waals surface area contributed by atoms with Gasteiger partial charge in [-0.3, -0.25) is 18.8 Å². The van der Waals surface area contributed by atoms with Crippen LogP contribution in [-0.4, -0.2) is 21.1 Å². The van der Waals surface area contributed by atoms with Gasteiger partial charge in [0.25, 0.3) is 5.56 Å². The maximum absolute atomic E-state index is 12.3. The van der Waals surface area contributed by atoms with Gasteiger partial charge < -0.3 is 4.74 Å². The first kappa shape index (κ1) is 22.9. The van der Waals surface area contributed by atoms with Crippen molar-refractivity contribution in [2.24, 2.45) is 0 Å². The molecule has 0 N–H and O–H groups in total. The second-order valence-corrected chi connectivity index (χ2v) is 8.31. The molecule has 0 saturated heterocycles. The summed E-state index contributed by atoms with van der Waals surface area (Å²) >= 11 is 3.31. The molecule has 0 atom stereocenters. The number of rotatable bonds is 10. The Labute approximate surface area is 189 Å². The summed E-state index contributed by atoms with van der Waals surface area (Å²) in [7, 11) is 0. The fourth-order valence-electron chi connectivity index (χ4n) is 3.22. The summed E-state index contributed by atoms with van der Waals surface area (Å²) < 4.78 is 7.37. The molecule has 2 heterocycles. The predicted octanol–water partition coefficient (Wildman–Crippen LogP) is 4.90. The highest BCUT2D eigenvalue weighted by Crippen LogP contribution is 2.12. The number of benzene rings is 1. The van der Waals surface area contributed by atoms with Crippen LogP contribution in [0.2, 0.25) is 0 Å². The van der Waals surface area contributed by atoms with Crippen molar-refractivity contribution in [2.45, 2.75) is 52.1 Å². The van der Waals surface area contributed by atoms with Gasteiger partial charge in [0.15, 0.2) is 5.78 Å². The van der Waals surface area contributed by atoms with Gasteiger partial charge in [-0.05, 0) is 46.5 Å². The van der Waals surface area contributed by atoms with E-state index in [-0.39, 0.29) is 30.8 Å². The first-order valence-electron chi connectivity index (χ1n) is 10.4. The summed E-state index contributed by atoms with van der Waals surface area (Å²) in [5.41, 5.74) is 2.39. The van der Waals surface area contributed by atoms with Gasteiger partial charge in [-0.1, -0.05) is 44.0 Å². The Morgan fingerprint density at radius 3 is 2.58 bits per heavy atom. The van der Waals surface area contributed by atoms with E-state index < -0.39 is 5.97 Å². The van der Waals surface area contributed by atoms with Crippen LogP contribution < -0.4 is 5.56 Å². The molecule has 3 rings (SSSR count). The molecular weight excluding hydrogens is 460 g/mol. The van der Waals surface area contributed by atoms with Crippen molar-refractivity contribution in [3.63, 3.8) is 0 Å². The molecule has 6 nitrogen and oxygen atoms in total. The van der Waals surface area contributed by atoms with Gasteiger partial charge >= 0.3 is 5.97 Å². The number of Topliss-reactive ketones (excluding diaryl/α,β-unsaturated/α-hetero) is 1. The number of aryl methyl sites for hydroxylation is 1. The number of unbranched alkanes of at least 4 members (excludes halogenated alkanes) is 2. The number of ketones is 1. The Kier molecular flexibility index (Phi) is 8.12. The topological polar surface area (TPSA) is 77.7 Å². The number of pyridine rings is 1. The molecule has 31 heavy (non-hydrogen) atoms. The molecule has 0 spiro atoms. The summed E-state index contributed by atoms with van der Waals surface area (Å²) in [6.07, 6.45) is 6.23. The number of carbonyl (C=O) groups excluding carboxylic acids is 2. The molecule has 0 saturated carbocycles. The molecule has 162 valence electrons. The molecule has 0 aliphatic heterocycles. The van der Waals surface area contributed by atoms with Crippen molar-refractivity contribution in [2.75, 3.05) is 0 Å². The molecule has 0 aliphatic carbocycles. The van der Waals surface area contributed by atoms with E-state index in [1.807, 2.05) is 24.3 Å². The quantitative estimate of drug-likeness (QED) is 0.232. The minimum absolute atomic E-state index is 0.0173. The molecule has 2 aromatic heterocycles. The zero-order valence-corrected chi connectivity index (χ0v) is 19.1. The van der Waals surface area contributed by atoms with Crippen LogP contribution in [0.4, 0.5) is 0 Å². The zero-order chi connectivity index (χ0) is 22.2. The number of hydrogen-bond donors (Lipinski definition) is 0. The maximum Gasteiger partial charge on any atom is 0.306 e. The van der Waals surface area contributed by atoms with Gasteiger partial charge in [0.2, 0.25) is 0 Å². The number of nitrogens with zero attached hydrogens (tertiary/aromatic N) is 2. The van der Waals surface area contributed by atoms with E-state index >= 15 is 0 Å². The van der Waals surface area contributed by atoms with Crippen molar-refractivity contribution >= 4 is 33.3 Å². The van der Waals surface area contributed by atoms with E-state index in [4.69, 9.17) is 4.74 Å². The fourth-order valence-corrected chi connectivity index (χ4v) is 3.56. The summed E-state index contributed by atoms with van der Waals surface area (Å²) in [5.74, 6) is -0.591. The second kappa shape index (κ2) is 11.0. The zero-order valence-electron chi connectivity index (χ0n) is 17.5. The highest BCUT2D eigenvalue weighted by molar-refractivity contribution is 9.10. The standard InChI is InChI=1S/C24H25BrN2O4/c1-2-3-4-5-17-6-8-18(9-7-17)21(28)11-13-24(30)31-16-20-14-23(29)27-15-19(25)10-12-22(27)26-20/h6-10,12,14-15H,2-5,11,13,16H2,1H3. The minimum atomic E-state index is -0.498. The van der Waals surface area contributed by atoms with Gasteiger partial charge in [-0.25, -0.2) is 4.98 Å². The van der Waals surface area contributed by atoms with Gasteiger partial charge in [-0.2, -0.15) is 0 Å². The van der Waals surface area contributed by atoms with Crippen LogP contribution in [0.5, 0.6) is 0 Å². The average molecular weight is 485 g/mol. The summed E-state index contributed by atoms with van der Waals surface area (Å²) in [4.78, 5) is 40.9. The number of ether oxygens (including phenoxy) is 1. The molecule has 0 aliphatic rings. The third kappa shape index (κ3) is 6.59. The van der Waals surface area contributed by atoms with Crippen LogP contribution in [0.15, 0.2) is 57.9 Å². The Bertz CT molecular complexity index is 1120. The molecule has 3 aromatic rings. The lowest BCUT2D eigenvalue weighted by Crippen LogP contribution is -2.16. The van der Waals surface area contributed by atoms with Crippen molar-refractivity contribution in [1.82, 2.24) is 9.38 Å². The predicted molar refractivity (Wildman–Crippen MR) is 122 cm³/mol. The Morgan fingerprint density at radius 1 is 1.06 bits per heavy atom. The van der Waals surface area contributed by atoms with Crippen molar-refractivity contribution in [1.29, 1.82) is 0 Å². The number of carbonyl (C=O) groups is 2. The monoisotopic (exact) mass is 484 g/mol. The first-order valence-corrected chi connectivity index (χ1v) is 11.2. The van der Waals surface area contributed by atoms with Gasteiger partial charge in [0.05, 0.1) is 12.1 Å². The lowest BCUT2D eigenvalue weighted by molar-refractivity contribution is -0.145. The first-order chi connectivity index (χ1) is 15.0. The van der Waals surface area contributed by atoms with Crippen molar-refractivity contribution in [3.8, 4) is 0 Å². The van der Waals surface area contributed by atoms with E-state index in [2.05, 4.69) is 27.8 Å². The fraction of sp³-hybridized carbons (Fsp3) is 0.333. The molecule has 0 bridgehead atoms. The Balaban J connectivity index is 1.49. The van der Waals surface area contributed by atoms with Crippen LogP contribution in [0, 0.1) is 0 Å². The SMILES string of the molecule is CCCCCc1ccc(C(=O)CCC(=O)OCc2cc(=O)n3cc(Br)ccc3n2)cc1. The summed E-state index contributed by atoms with van der Waals surface area (Å²) in [6, 6.07) is 12.4. The Morgan fingerprint density at radius 2 is 1.84 bits per heavy atom. The molecular formula is C24H25BrN2O4. The smallest absolute Gasteiger partial charge is 0.306 e. The highest BCUT2D eigenvalue weighted by Gasteiger charge is 2.12. The van der Waals surface area contributed by atoms with Crippen LogP contribution in [0.1, 0.15) is 60.6 Å². The number of fused-ring (bicyclic) bond motifs is 1. The summed E-state index contributed by atoms with van der Waals surface area (Å²) in [5, 5.41) is 0. The number of halogens is 1. The molecule has 7 heteroatoms. The maximum atomic E-state index is 12.3. The Hall–Kier alpha value is -2.80. The number of hydrogen-bond acceptors (Lipinski definition) is 5.